The largest absolute Gasteiger partial charge is 0.496 e. The number of carbonyl (C=O) groups is 1. The van der Waals surface area contributed by atoms with E-state index in [9.17, 15) is 9.00 Å². The summed E-state index contributed by atoms with van der Waals surface area (Å²) in [5.74, 6) is 0.569. The fraction of sp³-hybridized carbons (Fsp3) is 0.150. The maximum Gasteiger partial charge on any atom is 0.251 e. The van der Waals surface area contributed by atoms with Crippen molar-refractivity contribution in [1.82, 2.24) is 5.32 Å². The molecular weight excluding hydrogens is 334 g/mol. The fourth-order valence-corrected chi connectivity index (χ4v) is 3.28. The number of benzene rings is 3. The second kappa shape index (κ2) is 7.49. The summed E-state index contributed by atoms with van der Waals surface area (Å²) in [4.78, 5) is 13.1. The van der Waals surface area contributed by atoms with Gasteiger partial charge in [-0.2, -0.15) is 0 Å². The van der Waals surface area contributed by atoms with E-state index in [4.69, 9.17) is 4.74 Å². The lowest BCUT2D eigenvalue weighted by Crippen LogP contribution is -2.23. The highest BCUT2D eigenvalue weighted by Gasteiger charge is 2.11. The first-order valence-corrected chi connectivity index (χ1v) is 9.42. The quantitative estimate of drug-likeness (QED) is 0.764. The molecule has 3 rings (SSSR count). The molecule has 25 heavy (non-hydrogen) atoms. The molecule has 0 saturated heterocycles. The zero-order valence-electron chi connectivity index (χ0n) is 14.1. The predicted molar refractivity (Wildman–Crippen MR) is 100 cm³/mol. The minimum Gasteiger partial charge on any atom is -0.496 e. The Labute approximate surface area is 149 Å². The van der Waals surface area contributed by atoms with E-state index in [0.29, 0.717) is 17.0 Å². The van der Waals surface area contributed by atoms with Gasteiger partial charge in [0.1, 0.15) is 5.75 Å². The molecule has 0 bridgehead atoms. The van der Waals surface area contributed by atoms with Crippen molar-refractivity contribution in [2.75, 3.05) is 13.4 Å². The van der Waals surface area contributed by atoms with Crippen LogP contribution in [0, 0.1) is 0 Å². The van der Waals surface area contributed by atoms with E-state index >= 15 is 0 Å². The second-order valence-corrected chi connectivity index (χ2v) is 7.01. The van der Waals surface area contributed by atoms with E-state index < -0.39 is 10.8 Å². The third-order valence-corrected chi connectivity index (χ3v) is 5.03. The van der Waals surface area contributed by atoms with Crippen molar-refractivity contribution in [1.29, 1.82) is 0 Å². The first kappa shape index (κ1) is 17.2. The number of carbonyl (C=O) groups excluding carboxylic acids is 1. The van der Waals surface area contributed by atoms with Crippen LogP contribution in [-0.2, 0) is 17.3 Å². The summed E-state index contributed by atoms with van der Waals surface area (Å²) in [6.45, 7) is 0.366. The van der Waals surface area contributed by atoms with Gasteiger partial charge >= 0.3 is 0 Å². The highest BCUT2D eigenvalue weighted by Crippen LogP contribution is 2.27. The standard InChI is InChI=1S/C20H19NO3S/c1-24-19-12-9-14-5-3-4-6-17(14)18(19)13-21-20(22)15-7-10-16(11-8-15)25(2)23/h3-12H,13H2,1-2H3,(H,21,22)/t25-/m1/s1. The minimum atomic E-state index is -1.05. The lowest BCUT2D eigenvalue weighted by Gasteiger charge is -2.13. The molecule has 1 N–H and O–H groups in total. The third kappa shape index (κ3) is 3.72. The van der Waals surface area contributed by atoms with E-state index in [1.54, 1.807) is 37.6 Å². The summed E-state index contributed by atoms with van der Waals surface area (Å²) < 4.78 is 16.9. The van der Waals surface area contributed by atoms with Gasteiger partial charge in [0, 0.05) is 39.6 Å². The summed E-state index contributed by atoms with van der Waals surface area (Å²) >= 11 is 0. The Balaban J connectivity index is 1.82. The number of hydrogen-bond acceptors (Lipinski definition) is 3. The van der Waals surface area contributed by atoms with Gasteiger partial charge in [0.2, 0.25) is 0 Å². The highest BCUT2D eigenvalue weighted by molar-refractivity contribution is 7.84. The van der Waals surface area contributed by atoms with Crippen LogP contribution in [0.4, 0.5) is 0 Å². The number of rotatable bonds is 5. The Kier molecular flexibility index (Phi) is 5.14. The fourth-order valence-electron chi connectivity index (χ4n) is 2.76. The van der Waals surface area contributed by atoms with Crippen molar-refractivity contribution in [2.24, 2.45) is 0 Å². The maximum atomic E-state index is 12.4. The molecule has 0 heterocycles. The molecule has 0 saturated carbocycles. The monoisotopic (exact) mass is 353 g/mol. The molecule has 0 aromatic heterocycles. The average Bonchev–Trinajstić information content (AvgIpc) is 2.65. The summed E-state index contributed by atoms with van der Waals surface area (Å²) in [5, 5.41) is 5.09. The topological polar surface area (TPSA) is 55.4 Å². The van der Waals surface area contributed by atoms with Crippen LogP contribution < -0.4 is 10.1 Å². The van der Waals surface area contributed by atoms with Gasteiger partial charge in [-0.15, -0.1) is 0 Å². The van der Waals surface area contributed by atoms with Crippen LogP contribution in [0.1, 0.15) is 15.9 Å². The number of methoxy groups -OCH3 is 1. The van der Waals surface area contributed by atoms with Gasteiger partial charge in [-0.3, -0.25) is 9.00 Å². The molecule has 1 amide bonds. The van der Waals surface area contributed by atoms with Crippen LogP contribution in [0.2, 0.25) is 0 Å². The van der Waals surface area contributed by atoms with Crippen molar-refractivity contribution in [2.45, 2.75) is 11.4 Å². The van der Waals surface area contributed by atoms with Crippen molar-refractivity contribution in [3.05, 3.63) is 71.8 Å². The summed E-state index contributed by atoms with van der Waals surface area (Å²) in [6, 6.07) is 18.7. The Morgan fingerprint density at radius 3 is 2.44 bits per heavy atom. The Hall–Kier alpha value is -2.66. The van der Waals surface area contributed by atoms with Gasteiger partial charge in [0.05, 0.1) is 7.11 Å². The molecule has 0 aliphatic carbocycles. The van der Waals surface area contributed by atoms with Gasteiger partial charge in [-0.05, 0) is 41.1 Å². The van der Waals surface area contributed by atoms with Crippen LogP contribution in [-0.4, -0.2) is 23.5 Å². The number of hydrogen-bond donors (Lipinski definition) is 1. The van der Waals surface area contributed by atoms with E-state index in [-0.39, 0.29) is 5.91 Å². The van der Waals surface area contributed by atoms with Gasteiger partial charge in [0.15, 0.2) is 0 Å². The average molecular weight is 353 g/mol. The minimum absolute atomic E-state index is 0.177. The first-order chi connectivity index (χ1) is 12.1. The molecule has 0 aliphatic heterocycles. The summed E-state index contributed by atoms with van der Waals surface area (Å²) in [5.41, 5.74) is 1.48. The second-order valence-electron chi connectivity index (χ2n) is 5.63. The molecule has 128 valence electrons. The molecule has 0 spiro atoms. The van der Waals surface area contributed by atoms with Gasteiger partial charge < -0.3 is 10.1 Å². The molecule has 0 fully saturated rings. The smallest absolute Gasteiger partial charge is 0.251 e. The van der Waals surface area contributed by atoms with Crippen molar-refractivity contribution >= 4 is 27.5 Å². The van der Waals surface area contributed by atoms with Gasteiger partial charge in [0.25, 0.3) is 5.91 Å². The third-order valence-electron chi connectivity index (χ3n) is 4.09. The molecule has 5 heteroatoms. The summed E-state index contributed by atoms with van der Waals surface area (Å²) in [6.07, 6.45) is 1.61. The lowest BCUT2D eigenvalue weighted by molar-refractivity contribution is 0.0951. The van der Waals surface area contributed by atoms with Crippen molar-refractivity contribution < 1.29 is 13.7 Å². The predicted octanol–water partition coefficient (Wildman–Crippen LogP) is 3.52. The van der Waals surface area contributed by atoms with E-state index in [2.05, 4.69) is 5.32 Å². The number of amides is 1. The first-order valence-electron chi connectivity index (χ1n) is 7.86. The maximum absolute atomic E-state index is 12.4. The summed E-state index contributed by atoms with van der Waals surface area (Å²) in [7, 11) is 0.572. The Morgan fingerprint density at radius 2 is 1.76 bits per heavy atom. The molecule has 1 atom stereocenters. The van der Waals surface area contributed by atoms with Crippen LogP contribution in [0.25, 0.3) is 10.8 Å². The molecule has 0 unspecified atom stereocenters. The van der Waals surface area contributed by atoms with E-state index in [1.807, 2.05) is 36.4 Å². The highest BCUT2D eigenvalue weighted by atomic mass is 32.2. The van der Waals surface area contributed by atoms with Crippen LogP contribution >= 0.6 is 0 Å². The van der Waals surface area contributed by atoms with E-state index in [1.165, 1.54) is 0 Å². The normalized spacial score (nSPS) is 11.9. The molecule has 0 radical (unpaired) electrons. The van der Waals surface area contributed by atoms with Gasteiger partial charge in [-0.25, -0.2) is 0 Å². The van der Waals surface area contributed by atoms with Crippen molar-refractivity contribution in [3.63, 3.8) is 0 Å². The van der Waals surface area contributed by atoms with Crippen LogP contribution in [0.3, 0.4) is 0 Å². The number of nitrogens with one attached hydrogen (secondary N) is 1. The Morgan fingerprint density at radius 1 is 1.04 bits per heavy atom. The molecule has 0 aliphatic rings. The molecular formula is C20H19NO3S. The van der Waals surface area contributed by atoms with Gasteiger partial charge in [-0.1, -0.05) is 30.3 Å². The molecule has 4 nitrogen and oxygen atoms in total. The lowest BCUT2D eigenvalue weighted by atomic mass is 10.0. The van der Waals surface area contributed by atoms with Crippen LogP contribution in [0.15, 0.2) is 65.6 Å². The molecule has 3 aromatic rings. The number of ether oxygens (including phenoxy) is 1. The van der Waals surface area contributed by atoms with E-state index in [0.717, 1.165) is 22.1 Å². The zero-order valence-corrected chi connectivity index (χ0v) is 14.9. The van der Waals surface area contributed by atoms with Crippen molar-refractivity contribution in [3.8, 4) is 5.75 Å². The SMILES string of the molecule is COc1ccc2ccccc2c1CNC(=O)c1ccc([S@@](C)=O)cc1. The zero-order chi connectivity index (χ0) is 17.8. The molecule has 3 aromatic carbocycles. The Bertz CT molecular complexity index is 935. The van der Waals surface area contributed by atoms with Crippen LogP contribution in [0.5, 0.6) is 5.75 Å². The number of fused-ring (bicyclic) bond motifs is 1.